The van der Waals surface area contributed by atoms with Gasteiger partial charge in [-0.1, -0.05) is 83.4 Å². The van der Waals surface area contributed by atoms with E-state index in [0.29, 0.717) is 38.1 Å². The first-order valence-corrected chi connectivity index (χ1v) is 16.8. The molecule has 7 nitrogen and oxygen atoms in total. The Morgan fingerprint density at radius 1 is 0.796 bits per heavy atom. The minimum Gasteiger partial charge on any atom is -0.505 e. The molecule has 10 heteroatoms. The molecule has 0 unspecified atom stereocenters. The van der Waals surface area contributed by atoms with Gasteiger partial charge in [0.25, 0.3) is 0 Å². The van der Waals surface area contributed by atoms with Crippen LogP contribution in [0.15, 0.2) is 103 Å². The van der Waals surface area contributed by atoms with Gasteiger partial charge in [-0.2, -0.15) is 0 Å². The molecular formula is C39H29Cl2FN2O5. The van der Waals surface area contributed by atoms with Gasteiger partial charge in [0.15, 0.2) is 11.6 Å². The maximum atomic E-state index is 15.3. The number of amides is 4. The summed E-state index contributed by atoms with van der Waals surface area (Å²) in [5, 5.41) is 10.9. The molecule has 1 saturated carbocycles. The van der Waals surface area contributed by atoms with E-state index in [0.717, 1.165) is 10.5 Å². The number of carbonyl (C=O) groups excluding carboxylic acids is 4. The Hall–Kier alpha value is -4.79. The summed E-state index contributed by atoms with van der Waals surface area (Å²) in [5.41, 5.74) is 1.53. The van der Waals surface area contributed by atoms with Crippen LogP contribution < -0.4 is 9.80 Å². The fourth-order valence-corrected chi connectivity index (χ4v) is 9.16. The van der Waals surface area contributed by atoms with Crippen molar-refractivity contribution in [3.05, 3.63) is 135 Å². The highest BCUT2D eigenvalue weighted by molar-refractivity contribution is 6.33. The highest BCUT2D eigenvalue weighted by Gasteiger charge is 2.70. The van der Waals surface area contributed by atoms with Crippen LogP contribution in [-0.4, -0.2) is 28.7 Å². The molecule has 0 spiro atoms. The fraction of sp³-hybridized carbons (Fsp3) is 0.231. The fourth-order valence-electron chi connectivity index (χ4n) is 8.80. The number of fused-ring (bicyclic) bond motifs is 4. The van der Waals surface area contributed by atoms with Crippen LogP contribution in [0.25, 0.3) is 0 Å². The van der Waals surface area contributed by atoms with E-state index < -0.39 is 64.3 Å². The standard InChI is InChI=1S/C39H29Cl2FN2O5/c1-20-10-12-25(18-30(20)41)43-35(46)27-14-13-26-28(33(27)37(43)48)19-29-36(47)44(24-9-5-8-23(40)17-24)38(49)39(29,22-6-3-2-4-7-22)34(26)21-11-15-32(45)31(42)16-21/h2-13,15-18,27-29,33-34,45H,14,19H2,1H3/t27-,28+,29-,33-,34-,39+/m0/s1. The number of allylic oxidation sites excluding steroid dienone is 2. The summed E-state index contributed by atoms with van der Waals surface area (Å²) < 4.78 is 15.3. The summed E-state index contributed by atoms with van der Waals surface area (Å²) in [6, 6.07) is 24.5. The van der Waals surface area contributed by atoms with Gasteiger partial charge in [0.2, 0.25) is 23.6 Å². The first-order valence-electron chi connectivity index (χ1n) is 16.1. The van der Waals surface area contributed by atoms with Crippen LogP contribution in [0.3, 0.4) is 0 Å². The van der Waals surface area contributed by atoms with Gasteiger partial charge in [-0.05, 0) is 84.8 Å². The molecule has 0 bridgehead atoms. The molecule has 2 aliphatic heterocycles. The van der Waals surface area contributed by atoms with E-state index in [4.69, 9.17) is 23.2 Å². The van der Waals surface area contributed by atoms with Crippen LogP contribution in [0.4, 0.5) is 15.8 Å². The van der Waals surface area contributed by atoms with Gasteiger partial charge in [0, 0.05) is 16.0 Å². The Labute approximate surface area is 291 Å². The molecule has 3 fully saturated rings. The maximum absolute atomic E-state index is 15.3. The van der Waals surface area contributed by atoms with E-state index in [1.807, 2.05) is 19.1 Å². The summed E-state index contributed by atoms with van der Waals surface area (Å²) in [5.74, 6) is -7.22. The van der Waals surface area contributed by atoms with Crippen molar-refractivity contribution in [1.82, 2.24) is 0 Å². The lowest BCUT2D eigenvalue weighted by Gasteiger charge is -2.50. The van der Waals surface area contributed by atoms with Crippen molar-refractivity contribution in [2.45, 2.75) is 31.1 Å². The lowest BCUT2D eigenvalue weighted by atomic mass is 9.49. The molecular weight excluding hydrogens is 666 g/mol. The number of rotatable bonds is 4. The molecule has 49 heavy (non-hydrogen) atoms. The minimum absolute atomic E-state index is 0.0993. The Kier molecular flexibility index (Phi) is 7.32. The van der Waals surface area contributed by atoms with E-state index in [1.54, 1.807) is 72.8 Å². The van der Waals surface area contributed by atoms with Crippen molar-refractivity contribution in [3.8, 4) is 5.75 Å². The molecule has 8 rings (SSSR count). The zero-order chi connectivity index (χ0) is 34.4. The SMILES string of the molecule is Cc1ccc(N2C(=O)[C@H]3[C@H](CC=C4[C@H]3C[C@H]3C(=O)N(c5cccc(Cl)c5)C(=O)[C@@]3(c3ccccc3)[C@H]4c3ccc(O)c(F)c3)C2=O)cc1Cl. The van der Waals surface area contributed by atoms with Gasteiger partial charge in [-0.3, -0.25) is 19.2 Å². The number of imide groups is 2. The summed E-state index contributed by atoms with van der Waals surface area (Å²) >= 11 is 12.8. The second kappa shape index (κ2) is 11.4. The topological polar surface area (TPSA) is 95.0 Å². The van der Waals surface area contributed by atoms with Crippen LogP contribution in [-0.2, 0) is 24.6 Å². The van der Waals surface area contributed by atoms with E-state index in [2.05, 4.69) is 0 Å². The van der Waals surface area contributed by atoms with E-state index in [1.165, 1.54) is 17.0 Å². The number of carbonyl (C=O) groups is 4. The number of hydrogen-bond acceptors (Lipinski definition) is 5. The highest BCUT2D eigenvalue weighted by Crippen LogP contribution is 2.64. The van der Waals surface area contributed by atoms with Crippen LogP contribution in [0.1, 0.15) is 35.4 Å². The Morgan fingerprint density at radius 2 is 1.55 bits per heavy atom. The number of phenols is 1. The average Bonchev–Trinajstić information content (AvgIpc) is 3.48. The number of halogens is 3. The third-order valence-electron chi connectivity index (χ3n) is 10.9. The molecule has 2 heterocycles. The van der Waals surface area contributed by atoms with Crippen molar-refractivity contribution in [1.29, 1.82) is 0 Å². The number of aryl methyl sites for hydroxylation is 1. The average molecular weight is 696 g/mol. The van der Waals surface area contributed by atoms with Crippen molar-refractivity contribution >= 4 is 58.2 Å². The molecule has 2 aliphatic carbocycles. The summed E-state index contributed by atoms with van der Waals surface area (Å²) in [6.45, 7) is 1.83. The molecule has 1 N–H and O–H groups in total. The predicted molar refractivity (Wildman–Crippen MR) is 183 cm³/mol. The van der Waals surface area contributed by atoms with Crippen molar-refractivity contribution in [2.75, 3.05) is 9.80 Å². The Bertz CT molecular complexity index is 2140. The van der Waals surface area contributed by atoms with Crippen LogP contribution in [0.5, 0.6) is 5.75 Å². The van der Waals surface area contributed by atoms with Crippen molar-refractivity contribution in [2.24, 2.45) is 23.7 Å². The maximum Gasteiger partial charge on any atom is 0.246 e. The third-order valence-corrected chi connectivity index (χ3v) is 11.5. The van der Waals surface area contributed by atoms with Gasteiger partial charge in [-0.25, -0.2) is 14.2 Å². The molecule has 0 radical (unpaired) electrons. The molecule has 4 aromatic carbocycles. The van der Waals surface area contributed by atoms with E-state index >= 15 is 9.18 Å². The van der Waals surface area contributed by atoms with Gasteiger partial charge in [0.05, 0.1) is 34.5 Å². The highest BCUT2D eigenvalue weighted by atomic mass is 35.5. The number of benzene rings is 4. The van der Waals surface area contributed by atoms with Gasteiger partial charge in [0.1, 0.15) is 0 Å². The largest absolute Gasteiger partial charge is 0.505 e. The minimum atomic E-state index is -1.55. The molecule has 0 aromatic heterocycles. The lowest BCUT2D eigenvalue weighted by molar-refractivity contribution is -0.127. The Balaban J connectivity index is 1.35. The second-order valence-electron chi connectivity index (χ2n) is 13.2. The second-order valence-corrected chi connectivity index (χ2v) is 14.1. The zero-order valence-corrected chi connectivity index (χ0v) is 27.7. The Morgan fingerprint density at radius 3 is 2.27 bits per heavy atom. The molecule has 4 aromatic rings. The van der Waals surface area contributed by atoms with Gasteiger partial charge < -0.3 is 5.11 Å². The summed E-state index contributed by atoms with van der Waals surface area (Å²) in [7, 11) is 0. The predicted octanol–water partition coefficient (Wildman–Crippen LogP) is 7.51. The monoisotopic (exact) mass is 694 g/mol. The van der Waals surface area contributed by atoms with Crippen LogP contribution in [0.2, 0.25) is 10.0 Å². The van der Waals surface area contributed by atoms with Crippen LogP contribution in [0, 0.1) is 36.4 Å². The van der Waals surface area contributed by atoms with Crippen molar-refractivity contribution < 1.29 is 28.7 Å². The van der Waals surface area contributed by atoms with E-state index in [-0.39, 0.29) is 18.7 Å². The zero-order valence-electron chi connectivity index (χ0n) is 26.1. The number of aromatic hydroxyl groups is 1. The molecule has 246 valence electrons. The van der Waals surface area contributed by atoms with Gasteiger partial charge >= 0.3 is 0 Å². The molecule has 4 amide bonds. The van der Waals surface area contributed by atoms with Crippen LogP contribution >= 0.6 is 23.2 Å². The van der Waals surface area contributed by atoms with Crippen molar-refractivity contribution in [3.63, 3.8) is 0 Å². The summed E-state index contributed by atoms with van der Waals surface area (Å²) in [4.78, 5) is 60.7. The quantitative estimate of drug-likeness (QED) is 0.176. The van der Waals surface area contributed by atoms with E-state index in [9.17, 15) is 19.5 Å². The van der Waals surface area contributed by atoms with Gasteiger partial charge in [-0.15, -0.1) is 0 Å². The summed E-state index contributed by atoms with van der Waals surface area (Å²) in [6.07, 6.45) is 2.21. The first kappa shape index (κ1) is 31.5. The third kappa shape index (κ3) is 4.46. The normalized spacial score (nSPS) is 27.6. The number of phenolic OH excluding ortho intramolecular Hbond substituents is 1. The number of nitrogens with zero attached hydrogens (tertiary/aromatic N) is 2. The molecule has 2 saturated heterocycles. The lowest BCUT2D eigenvalue weighted by Crippen LogP contribution is -2.53. The number of hydrogen-bond donors (Lipinski definition) is 1. The first-order chi connectivity index (χ1) is 23.5. The smallest absolute Gasteiger partial charge is 0.246 e. The number of anilines is 2. The molecule has 6 atom stereocenters. The molecule has 4 aliphatic rings.